The van der Waals surface area contributed by atoms with Gasteiger partial charge in [0.1, 0.15) is 0 Å². The first kappa shape index (κ1) is 16.8. The standard InChI is InChI=1S/C20H27N3O/c1-14-11-18(9-10-21-14)22-20(24)19-12-15(2)23(16(19)3)13-17-7-5-4-6-8-17/h4-8,12,14,18,21H,9-11,13H2,1-3H3,(H,22,24). The average molecular weight is 325 g/mol. The van der Waals surface area contributed by atoms with Gasteiger partial charge in [0.25, 0.3) is 5.91 Å². The molecule has 0 saturated carbocycles. The van der Waals surface area contributed by atoms with Gasteiger partial charge in [-0.05, 0) is 51.8 Å². The van der Waals surface area contributed by atoms with Gasteiger partial charge >= 0.3 is 0 Å². The van der Waals surface area contributed by atoms with E-state index in [4.69, 9.17) is 0 Å². The van der Waals surface area contributed by atoms with Crippen LogP contribution in [0.3, 0.4) is 0 Å². The van der Waals surface area contributed by atoms with Crippen LogP contribution >= 0.6 is 0 Å². The van der Waals surface area contributed by atoms with E-state index < -0.39 is 0 Å². The summed E-state index contributed by atoms with van der Waals surface area (Å²) in [6.45, 7) is 8.05. The highest BCUT2D eigenvalue weighted by molar-refractivity contribution is 5.95. The van der Waals surface area contributed by atoms with E-state index in [-0.39, 0.29) is 11.9 Å². The third kappa shape index (κ3) is 3.70. The molecule has 4 heteroatoms. The highest BCUT2D eigenvalue weighted by atomic mass is 16.1. The van der Waals surface area contributed by atoms with Gasteiger partial charge in [0.2, 0.25) is 0 Å². The smallest absolute Gasteiger partial charge is 0.253 e. The summed E-state index contributed by atoms with van der Waals surface area (Å²) in [5.41, 5.74) is 4.21. The monoisotopic (exact) mass is 325 g/mol. The van der Waals surface area contributed by atoms with Crippen molar-refractivity contribution in [1.82, 2.24) is 15.2 Å². The quantitative estimate of drug-likeness (QED) is 0.908. The zero-order valence-electron chi connectivity index (χ0n) is 14.8. The van der Waals surface area contributed by atoms with Crippen LogP contribution in [0.15, 0.2) is 36.4 Å². The lowest BCUT2D eigenvalue weighted by atomic mass is 10.0. The number of carbonyl (C=O) groups excluding carboxylic acids is 1. The van der Waals surface area contributed by atoms with Crippen molar-refractivity contribution < 1.29 is 4.79 Å². The normalized spacial score (nSPS) is 20.8. The molecule has 2 aromatic rings. The van der Waals surface area contributed by atoms with Crippen LogP contribution in [-0.4, -0.2) is 29.1 Å². The largest absolute Gasteiger partial charge is 0.349 e. The summed E-state index contributed by atoms with van der Waals surface area (Å²) in [6.07, 6.45) is 1.99. The van der Waals surface area contributed by atoms with Crippen LogP contribution in [0.1, 0.15) is 47.1 Å². The number of hydrogen-bond donors (Lipinski definition) is 2. The first-order valence-corrected chi connectivity index (χ1v) is 8.79. The number of hydrogen-bond acceptors (Lipinski definition) is 2. The fraction of sp³-hybridized carbons (Fsp3) is 0.450. The molecule has 3 rings (SSSR count). The summed E-state index contributed by atoms with van der Waals surface area (Å²) in [5.74, 6) is 0.0570. The molecule has 1 aliphatic heterocycles. The molecule has 2 N–H and O–H groups in total. The molecule has 2 unspecified atom stereocenters. The van der Waals surface area contributed by atoms with Crippen molar-refractivity contribution in [2.75, 3.05) is 6.54 Å². The molecule has 1 aromatic heterocycles. The van der Waals surface area contributed by atoms with Crippen molar-refractivity contribution in [3.8, 4) is 0 Å². The van der Waals surface area contributed by atoms with E-state index in [1.54, 1.807) is 0 Å². The Kier molecular flexibility index (Phi) is 5.05. The van der Waals surface area contributed by atoms with E-state index in [1.165, 1.54) is 5.56 Å². The lowest BCUT2D eigenvalue weighted by Gasteiger charge is -2.28. The Morgan fingerprint density at radius 1 is 1.29 bits per heavy atom. The molecule has 0 radical (unpaired) electrons. The van der Waals surface area contributed by atoms with Gasteiger partial charge in [0.05, 0.1) is 5.56 Å². The lowest BCUT2D eigenvalue weighted by molar-refractivity contribution is 0.0925. The summed E-state index contributed by atoms with van der Waals surface area (Å²) >= 11 is 0. The van der Waals surface area contributed by atoms with Gasteiger partial charge in [-0.25, -0.2) is 0 Å². The Morgan fingerprint density at radius 3 is 2.75 bits per heavy atom. The summed E-state index contributed by atoms with van der Waals surface area (Å²) in [6, 6.07) is 13.1. The van der Waals surface area contributed by atoms with Crippen LogP contribution in [0.4, 0.5) is 0 Å². The van der Waals surface area contributed by atoms with Gasteiger partial charge in [-0.3, -0.25) is 4.79 Å². The number of aromatic nitrogens is 1. The Bertz CT molecular complexity index is 705. The maximum absolute atomic E-state index is 12.7. The topological polar surface area (TPSA) is 46.1 Å². The molecule has 1 saturated heterocycles. The number of piperidine rings is 1. The minimum atomic E-state index is 0.0570. The van der Waals surface area contributed by atoms with Crippen LogP contribution in [0, 0.1) is 13.8 Å². The fourth-order valence-electron chi connectivity index (χ4n) is 3.57. The predicted octanol–water partition coefficient (Wildman–Crippen LogP) is 3.02. The first-order valence-electron chi connectivity index (χ1n) is 8.79. The number of benzene rings is 1. The first-order chi connectivity index (χ1) is 11.5. The van der Waals surface area contributed by atoms with Crippen molar-refractivity contribution >= 4 is 5.91 Å². The minimum absolute atomic E-state index is 0.0570. The SMILES string of the molecule is Cc1cc(C(=O)NC2CCNC(C)C2)c(C)n1Cc1ccccc1. The van der Waals surface area contributed by atoms with Crippen molar-refractivity contribution in [2.45, 2.75) is 52.2 Å². The maximum Gasteiger partial charge on any atom is 0.253 e. The number of amides is 1. The molecule has 1 aromatic carbocycles. The molecule has 2 heterocycles. The van der Waals surface area contributed by atoms with Gasteiger partial charge in [-0.1, -0.05) is 30.3 Å². The van der Waals surface area contributed by atoms with Crippen molar-refractivity contribution in [1.29, 1.82) is 0 Å². The highest BCUT2D eigenvalue weighted by Gasteiger charge is 2.22. The minimum Gasteiger partial charge on any atom is -0.349 e. The van der Waals surface area contributed by atoms with Crippen molar-refractivity contribution in [3.63, 3.8) is 0 Å². The molecule has 4 nitrogen and oxygen atoms in total. The molecule has 2 atom stereocenters. The number of nitrogens with one attached hydrogen (secondary N) is 2. The van der Waals surface area contributed by atoms with Crippen LogP contribution in [-0.2, 0) is 6.54 Å². The Balaban J connectivity index is 1.74. The summed E-state index contributed by atoms with van der Waals surface area (Å²) in [5, 5.41) is 6.64. The van der Waals surface area contributed by atoms with Crippen molar-refractivity contribution in [2.24, 2.45) is 0 Å². The van der Waals surface area contributed by atoms with Gasteiger partial charge < -0.3 is 15.2 Å². The third-order valence-electron chi connectivity index (χ3n) is 4.96. The molecule has 1 fully saturated rings. The van der Waals surface area contributed by atoms with Gasteiger partial charge in [-0.2, -0.15) is 0 Å². The number of rotatable bonds is 4. The maximum atomic E-state index is 12.7. The molecular weight excluding hydrogens is 298 g/mol. The summed E-state index contributed by atoms with van der Waals surface area (Å²) in [4.78, 5) is 12.7. The lowest BCUT2D eigenvalue weighted by Crippen LogP contribution is -2.46. The zero-order chi connectivity index (χ0) is 17.1. The van der Waals surface area contributed by atoms with Crippen LogP contribution in [0.5, 0.6) is 0 Å². The Labute approximate surface area is 144 Å². The second-order valence-electron chi connectivity index (χ2n) is 6.91. The van der Waals surface area contributed by atoms with Gasteiger partial charge in [-0.15, -0.1) is 0 Å². The summed E-state index contributed by atoms with van der Waals surface area (Å²) < 4.78 is 2.22. The molecule has 0 bridgehead atoms. The second kappa shape index (κ2) is 7.22. The summed E-state index contributed by atoms with van der Waals surface area (Å²) in [7, 11) is 0. The Morgan fingerprint density at radius 2 is 2.04 bits per heavy atom. The van der Waals surface area contributed by atoms with Crippen LogP contribution < -0.4 is 10.6 Å². The van der Waals surface area contributed by atoms with Crippen LogP contribution in [0.25, 0.3) is 0 Å². The molecule has 128 valence electrons. The number of aryl methyl sites for hydroxylation is 1. The third-order valence-corrected chi connectivity index (χ3v) is 4.96. The van der Waals surface area contributed by atoms with Crippen LogP contribution in [0.2, 0.25) is 0 Å². The van der Waals surface area contributed by atoms with Crippen molar-refractivity contribution in [3.05, 3.63) is 58.9 Å². The molecule has 0 spiro atoms. The van der Waals surface area contributed by atoms with Gasteiger partial charge in [0, 0.05) is 30.0 Å². The fourth-order valence-corrected chi connectivity index (χ4v) is 3.57. The number of carbonyl (C=O) groups is 1. The van der Waals surface area contributed by atoms with E-state index >= 15 is 0 Å². The molecule has 0 aliphatic carbocycles. The molecule has 24 heavy (non-hydrogen) atoms. The Hall–Kier alpha value is -2.07. The van der Waals surface area contributed by atoms with E-state index in [0.717, 1.165) is 42.9 Å². The average Bonchev–Trinajstić information content (AvgIpc) is 2.84. The van der Waals surface area contributed by atoms with E-state index in [9.17, 15) is 4.79 Å². The van der Waals surface area contributed by atoms with E-state index in [0.29, 0.717) is 6.04 Å². The van der Waals surface area contributed by atoms with E-state index in [2.05, 4.69) is 53.3 Å². The molecule has 1 amide bonds. The predicted molar refractivity (Wildman–Crippen MR) is 97.4 cm³/mol. The van der Waals surface area contributed by atoms with E-state index in [1.807, 2.05) is 19.1 Å². The zero-order valence-corrected chi connectivity index (χ0v) is 14.8. The molecular formula is C20H27N3O. The van der Waals surface area contributed by atoms with Gasteiger partial charge in [0.15, 0.2) is 0 Å². The molecule has 1 aliphatic rings. The second-order valence-corrected chi connectivity index (χ2v) is 6.91. The highest BCUT2D eigenvalue weighted by Crippen LogP contribution is 2.18. The number of nitrogens with zero attached hydrogens (tertiary/aromatic N) is 1.